The van der Waals surface area contributed by atoms with Crippen LogP contribution < -0.4 is 5.19 Å². The van der Waals surface area contributed by atoms with Gasteiger partial charge in [-0.1, -0.05) is 67.9 Å². The summed E-state index contributed by atoms with van der Waals surface area (Å²) in [6.07, 6.45) is 2.72. The summed E-state index contributed by atoms with van der Waals surface area (Å²) in [5.74, 6) is 0. The highest BCUT2D eigenvalue weighted by atomic mass is 28.3. The van der Waals surface area contributed by atoms with Crippen LogP contribution in [-0.4, -0.2) is 8.80 Å². The van der Waals surface area contributed by atoms with E-state index in [4.69, 9.17) is 0 Å². The summed E-state index contributed by atoms with van der Waals surface area (Å²) in [6.45, 7) is 4.68. The first-order chi connectivity index (χ1) is 5.84. The lowest BCUT2D eigenvalue weighted by Gasteiger charge is -2.07. The van der Waals surface area contributed by atoms with Gasteiger partial charge < -0.3 is 0 Å². The van der Waals surface area contributed by atoms with Crippen molar-refractivity contribution in [1.29, 1.82) is 0 Å². The number of benzene rings is 1. The zero-order valence-electron chi connectivity index (χ0n) is 8.01. The van der Waals surface area contributed by atoms with Gasteiger partial charge in [0.15, 0.2) is 0 Å². The molecule has 0 heterocycles. The Balaban J connectivity index is 2.48. The molecule has 0 unspecified atom stereocenters. The summed E-state index contributed by atoms with van der Waals surface area (Å²) in [7, 11) is -0.230. The minimum atomic E-state index is -0.230. The summed E-state index contributed by atoms with van der Waals surface area (Å²) in [5.41, 5.74) is 0. The predicted octanol–water partition coefficient (Wildman–Crippen LogP) is 2.82. The molecule has 0 aliphatic heterocycles. The average molecular weight is 177 g/mol. The van der Waals surface area contributed by atoms with Gasteiger partial charge in [-0.05, 0) is 0 Å². The molecule has 1 aromatic carbocycles. The fourth-order valence-electron chi connectivity index (χ4n) is 1.31. The summed E-state index contributed by atoms with van der Waals surface area (Å²) < 4.78 is 0. The van der Waals surface area contributed by atoms with Crippen molar-refractivity contribution in [2.45, 2.75) is 32.4 Å². The Labute approximate surface area is 77.2 Å². The van der Waals surface area contributed by atoms with Crippen LogP contribution in [0.2, 0.25) is 12.6 Å². The minimum absolute atomic E-state index is 0.230. The van der Waals surface area contributed by atoms with Crippen molar-refractivity contribution in [3.05, 3.63) is 30.3 Å². The predicted molar refractivity (Wildman–Crippen MR) is 57.4 cm³/mol. The zero-order chi connectivity index (χ0) is 8.81. The van der Waals surface area contributed by atoms with Gasteiger partial charge in [-0.3, -0.25) is 0 Å². The lowest BCUT2D eigenvalue weighted by Crippen LogP contribution is -2.25. The highest BCUT2D eigenvalue weighted by Gasteiger charge is 2.04. The maximum atomic E-state index is 2.41. The molecule has 0 saturated carbocycles. The van der Waals surface area contributed by atoms with Crippen LogP contribution in [0.4, 0.5) is 0 Å². The molecule has 0 amide bonds. The third-order valence-electron chi connectivity index (χ3n) is 2.17. The molecular formula is C11H17Si. The van der Waals surface area contributed by atoms with Crippen molar-refractivity contribution in [2.24, 2.45) is 0 Å². The molecule has 1 radical (unpaired) electrons. The maximum absolute atomic E-state index is 2.41. The van der Waals surface area contributed by atoms with E-state index < -0.39 is 0 Å². The Morgan fingerprint density at radius 3 is 2.42 bits per heavy atom. The molecule has 65 valence electrons. The van der Waals surface area contributed by atoms with E-state index >= 15 is 0 Å². The van der Waals surface area contributed by atoms with Crippen LogP contribution in [0, 0.1) is 0 Å². The standard InChI is InChI=1S/C11H17Si/c1-3-4-10-12(2)11-8-6-5-7-9-11/h5-9H,3-4,10H2,1-2H3. The second kappa shape index (κ2) is 5.15. The van der Waals surface area contributed by atoms with Crippen molar-refractivity contribution in [3.63, 3.8) is 0 Å². The first-order valence-corrected chi connectivity index (χ1v) is 6.93. The minimum Gasteiger partial charge on any atom is -0.0669 e. The second-order valence-electron chi connectivity index (χ2n) is 3.25. The Morgan fingerprint density at radius 2 is 1.83 bits per heavy atom. The van der Waals surface area contributed by atoms with Crippen LogP contribution >= 0.6 is 0 Å². The summed E-state index contributed by atoms with van der Waals surface area (Å²) in [4.78, 5) is 0. The zero-order valence-corrected chi connectivity index (χ0v) is 9.01. The van der Waals surface area contributed by atoms with Gasteiger partial charge in [-0.15, -0.1) is 0 Å². The van der Waals surface area contributed by atoms with Gasteiger partial charge in [-0.25, -0.2) is 0 Å². The normalized spacial score (nSPS) is 10.6. The molecule has 1 heteroatoms. The topological polar surface area (TPSA) is 0 Å². The van der Waals surface area contributed by atoms with Crippen LogP contribution in [-0.2, 0) is 0 Å². The molecule has 0 N–H and O–H groups in total. The van der Waals surface area contributed by atoms with Gasteiger partial charge in [0.2, 0.25) is 0 Å². The van der Waals surface area contributed by atoms with E-state index in [-0.39, 0.29) is 8.80 Å². The third-order valence-corrected chi connectivity index (χ3v) is 4.59. The quantitative estimate of drug-likeness (QED) is 0.620. The third kappa shape index (κ3) is 2.82. The highest BCUT2D eigenvalue weighted by Crippen LogP contribution is 2.01. The second-order valence-corrected chi connectivity index (χ2v) is 5.89. The molecule has 0 fully saturated rings. The van der Waals surface area contributed by atoms with E-state index in [2.05, 4.69) is 43.8 Å². The molecule has 0 aliphatic rings. The van der Waals surface area contributed by atoms with E-state index in [1.807, 2.05) is 0 Å². The lowest BCUT2D eigenvalue weighted by atomic mass is 10.4. The van der Waals surface area contributed by atoms with E-state index in [0.29, 0.717) is 0 Å². The SMILES string of the molecule is CCCC[Si](C)c1ccccc1. The van der Waals surface area contributed by atoms with Gasteiger partial charge in [0.1, 0.15) is 0 Å². The van der Waals surface area contributed by atoms with Gasteiger partial charge in [0.05, 0.1) is 8.80 Å². The molecule has 1 aromatic rings. The fourth-order valence-corrected chi connectivity index (χ4v) is 3.24. The van der Waals surface area contributed by atoms with Crippen molar-refractivity contribution >= 4 is 14.0 Å². The van der Waals surface area contributed by atoms with Gasteiger partial charge in [-0.2, -0.15) is 0 Å². The Hall–Kier alpha value is -0.563. The molecule has 0 spiro atoms. The highest BCUT2D eigenvalue weighted by molar-refractivity contribution is 6.71. The Kier molecular flexibility index (Phi) is 4.09. The van der Waals surface area contributed by atoms with Crippen molar-refractivity contribution in [1.82, 2.24) is 0 Å². The van der Waals surface area contributed by atoms with Crippen molar-refractivity contribution in [3.8, 4) is 0 Å². The number of rotatable bonds is 4. The monoisotopic (exact) mass is 177 g/mol. The first kappa shape index (κ1) is 9.52. The maximum Gasteiger partial charge on any atom is 0.0824 e. The van der Waals surface area contributed by atoms with Crippen LogP contribution in [0.25, 0.3) is 0 Å². The van der Waals surface area contributed by atoms with Crippen LogP contribution in [0.3, 0.4) is 0 Å². The Bertz CT molecular complexity index is 206. The molecule has 0 aromatic heterocycles. The molecular weight excluding hydrogens is 160 g/mol. The molecule has 0 atom stereocenters. The summed E-state index contributed by atoms with van der Waals surface area (Å²) in [6, 6.07) is 12.3. The van der Waals surface area contributed by atoms with Crippen LogP contribution in [0.15, 0.2) is 30.3 Å². The van der Waals surface area contributed by atoms with Gasteiger partial charge in [0, 0.05) is 0 Å². The number of hydrogen-bond donors (Lipinski definition) is 0. The lowest BCUT2D eigenvalue weighted by molar-refractivity contribution is 0.876. The van der Waals surface area contributed by atoms with Crippen molar-refractivity contribution in [2.75, 3.05) is 0 Å². The van der Waals surface area contributed by atoms with Crippen LogP contribution in [0.1, 0.15) is 19.8 Å². The molecule has 1 rings (SSSR count). The molecule has 0 nitrogen and oxygen atoms in total. The largest absolute Gasteiger partial charge is 0.0824 e. The van der Waals surface area contributed by atoms with Crippen molar-refractivity contribution < 1.29 is 0 Å². The van der Waals surface area contributed by atoms with Gasteiger partial charge in [0.25, 0.3) is 0 Å². The van der Waals surface area contributed by atoms with Crippen LogP contribution in [0.5, 0.6) is 0 Å². The molecule has 0 bridgehead atoms. The average Bonchev–Trinajstić information content (AvgIpc) is 2.15. The summed E-state index contributed by atoms with van der Waals surface area (Å²) in [5, 5.41) is 1.58. The van der Waals surface area contributed by atoms with Gasteiger partial charge >= 0.3 is 0 Å². The summed E-state index contributed by atoms with van der Waals surface area (Å²) >= 11 is 0. The van der Waals surface area contributed by atoms with E-state index in [1.165, 1.54) is 18.9 Å². The smallest absolute Gasteiger partial charge is 0.0669 e. The number of hydrogen-bond acceptors (Lipinski definition) is 0. The number of unbranched alkanes of at least 4 members (excludes halogenated alkanes) is 1. The Morgan fingerprint density at radius 1 is 1.17 bits per heavy atom. The molecule has 0 saturated heterocycles. The first-order valence-electron chi connectivity index (χ1n) is 4.72. The fraction of sp³-hybridized carbons (Fsp3) is 0.455. The molecule has 0 aliphatic carbocycles. The molecule has 12 heavy (non-hydrogen) atoms. The van der Waals surface area contributed by atoms with E-state index in [9.17, 15) is 0 Å². The van der Waals surface area contributed by atoms with E-state index in [0.717, 1.165) is 0 Å². The van der Waals surface area contributed by atoms with E-state index in [1.54, 1.807) is 5.19 Å².